The van der Waals surface area contributed by atoms with Crippen molar-refractivity contribution in [1.82, 2.24) is 5.32 Å². The molecule has 1 aliphatic rings. The number of rotatable bonds is 8. The van der Waals surface area contributed by atoms with Crippen LogP contribution in [0, 0.1) is 0 Å². The van der Waals surface area contributed by atoms with Gasteiger partial charge in [0, 0.05) is 29.2 Å². The number of hydrogen-bond donors (Lipinski definition) is 3. The maximum absolute atomic E-state index is 12.5. The molecule has 0 radical (unpaired) electrons. The molecule has 0 aliphatic carbocycles. The highest BCUT2D eigenvalue weighted by Gasteiger charge is 2.17. The minimum atomic E-state index is -0.945. The van der Waals surface area contributed by atoms with Crippen LogP contribution in [0.1, 0.15) is 16.8 Å². The Labute approximate surface area is 178 Å². The summed E-state index contributed by atoms with van der Waals surface area (Å²) in [4.78, 5) is 25.1. The Morgan fingerprint density at radius 3 is 2.67 bits per heavy atom. The molecule has 3 N–H and O–H groups in total. The summed E-state index contributed by atoms with van der Waals surface area (Å²) in [5.74, 6) is 1.62. The fourth-order valence-corrected chi connectivity index (χ4v) is 3.81. The minimum absolute atomic E-state index is 0.00546. The number of amides is 2. The summed E-state index contributed by atoms with van der Waals surface area (Å²) < 4.78 is 16.1. The van der Waals surface area contributed by atoms with Crippen LogP contribution in [-0.2, 0) is 4.79 Å². The summed E-state index contributed by atoms with van der Waals surface area (Å²) in [5.41, 5.74) is 1.03. The van der Waals surface area contributed by atoms with E-state index in [1.54, 1.807) is 42.1 Å². The van der Waals surface area contributed by atoms with E-state index in [1.165, 1.54) is 14.2 Å². The van der Waals surface area contributed by atoms with Crippen LogP contribution in [0.5, 0.6) is 17.2 Å². The van der Waals surface area contributed by atoms with Gasteiger partial charge in [-0.05, 0) is 30.3 Å². The molecule has 2 aromatic rings. The van der Waals surface area contributed by atoms with E-state index in [0.717, 1.165) is 4.90 Å². The lowest BCUT2D eigenvalue weighted by atomic mass is 10.1. The molecular weight excluding hydrogens is 408 g/mol. The third-order valence-corrected chi connectivity index (χ3v) is 5.48. The molecule has 0 spiro atoms. The quantitative estimate of drug-likeness (QED) is 0.588. The summed E-state index contributed by atoms with van der Waals surface area (Å²) in [5, 5.41) is 15.7. The van der Waals surface area contributed by atoms with Gasteiger partial charge in [-0.2, -0.15) is 0 Å². The molecule has 1 unspecified atom stereocenters. The number of methoxy groups -OCH3 is 2. The largest absolute Gasteiger partial charge is 0.493 e. The number of aliphatic hydroxyl groups excluding tert-OH is 1. The minimum Gasteiger partial charge on any atom is -0.493 e. The van der Waals surface area contributed by atoms with E-state index in [0.29, 0.717) is 40.7 Å². The molecule has 1 aliphatic heterocycles. The first-order valence-corrected chi connectivity index (χ1v) is 10.4. The van der Waals surface area contributed by atoms with Crippen LogP contribution in [0.25, 0.3) is 0 Å². The standard InChI is InChI=1S/C21H24N2O6S/c1-27-16-4-3-5-17(28-2)20(16)29-12-14(24)11-22-21(26)13-6-7-18-15(10-13)23-19(25)8-9-30-18/h3-7,10,14,24H,8-9,11-12H2,1-2H3,(H,22,26)(H,23,25). The van der Waals surface area contributed by atoms with Gasteiger partial charge in [-0.15, -0.1) is 11.8 Å². The summed E-state index contributed by atoms with van der Waals surface area (Å²) in [7, 11) is 3.03. The third-order valence-electron chi connectivity index (χ3n) is 4.40. The summed E-state index contributed by atoms with van der Waals surface area (Å²) in [6.07, 6.45) is -0.510. The number of thioether (sulfide) groups is 1. The second-order valence-corrected chi connectivity index (χ2v) is 7.66. The lowest BCUT2D eigenvalue weighted by Gasteiger charge is -2.17. The van der Waals surface area contributed by atoms with Crippen LogP contribution in [0.2, 0.25) is 0 Å². The van der Waals surface area contributed by atoms with Crippen LogP contribution < -0.4 is 24.8 Å². The zero-order valence-electron chi connectivity index (χ0n) is 16.8. The van der Waals surface area contributed by atoms with Gasteiger partial charge in [-0.1, -0.05) is 6.07 Å². The molecule has 0 fully saturated rings. The van der Waals surface area contributed by atoms with Gasteiger partial charge in [0.1, 0.15) is 12.7 Å². The first-order chi connectivity index (χ1) is 14.5. The fraction of sp³-hybridized carbons (Fsp3) is 0.333. The number of carbonyl (C=O) groups excluding carboxylic acids is 2. The maximum Gasteiger partial charge on any atom is 0.251 e. The van der Waals surface area contributed by atoms with E-state index in [9.17, 15) is 14.7 Å². The number of ether oxygens (including phenoxy) is 3. The zero-order chi connectivity index (χ0) is 21.5. The van der Waals surface area contributed by atoms with Gasteiger partial charge in [-0.3, -0.25) is 9.59 Å². The number of benzene rings is 2. The van der Waals surface area contributed by atoms with Gasteiger partial charge in [0.05, 0.1) is 19.9 Å². The Morgan fingerprint density at radius 1 is 1.23 bits per heavy atom. The summed E-state index contributed by atoms with van der Waals surface area (Å²) >= 11 is 1.57. The number of nitrogens with one attached hydrogen (secondary N) is 2. The fourth-order valence-electron chi connectivity index (χ4n) is 2.87. The number of hydrogen-bond acceptors (Lipinski definition) is 7. The molecule has 1 heterocycles. The molecule has 3 rings (SSSR count). The van der Waals surface area contributed by atoms with E-state index in [2.05, 4.69) is 10.6 Å². The predicted molar refractivity (Wildman–Crippen MR) is 114 cm³/mol. The van der Waals surface area contributed by atoms with Gasteiger partial charge >= 0.3 is 0 Å². The molecule has 2 amide bonds. The van der Waals surface area contributed by atoms with E-state index in [4.69, 9.17) is 14.2 Å². The average Bonchev–Trinajstić information content (AvgIpc) is 2.95. The molecule has 160 valence electrons. The van der Waals surface area contributed by atoms with Crippen molar-refractivity contribution < 1.29 is 28.9 Å². The van der Waals surface area contributed by atoms with Crippen molar-refractivity contribution in [1.29, 1.82) is 0 Å². The second-order valence-electron chi connectivity index (χ2n) is 6.52. The number of aliphatic hydroxyl groups is 1. The van der Waals surface area contributed by atoms with Crippen LogP contribution in [-0.4, -0.2) is 56.1 Å². The van der Waals surface area contributed by atoms with E-state index < -0.39 is 6.10 Å². The molecule has 0 aromatic heterocycles. The molecular formula is C21H24N2O6S. The third kappa shape index (κ3) is 5.37. The van der Waals surface area contributed by atoms with Crippen molar-refractivity contribution in [2.45, 2.75) is 17.4 Å². The molecule has 0 saturated heterocycles. The van der Waals surface area contributed by atoms with Gasteiger partial charge < -0.3 is 30.0 Å². The molecule has 2 aromatic carbocycles. The Balaban J connectivity index is 1.56. The molecule has 30 heavy (non-hydrogen) atoms. The van der Waals surface area contributed by atoms with Crippen LogP contribution in [0.3, 0.4) is 0 Å². The number of anilines is 1. The normalized spacial score (nSPS) is 14.0. The molecule has 8 nitrogen and oxygen atoms in total. The van der Waals surface area contributed by atoms with E-state index in [-0.39, 0.29) is 25.0 Å². The van der Waals surface area contributed by atoms with Crippen molar-refractivity contribution in [3.63, 3.8) is 0 Å². The maximum atomic E-state index is 12.5. The Kier molecular flexibility index (Phi) is 7.42. The smallest absolute Gasteiger partial charge is 0.251 e. The highest BCUT2D eigenvalue weighted by Crippen LogP contribution is 2.36. The van der Waals surface area contributed by atoms with Crippen LogP contribution >= 0.6 is 11.8 Å². The molecule has 0 bridgehead atoms. The van der Waals surface area contributed by atoms with Gasteiger partial charge in [0.25, 0.3) is 5.91 Å². The summed E-state index contributed by atoms with van der Waals surface area (Å²) in [6, 6.07) is 10.4. The topological polar surface area (TPSA) is 106 Å². The average molecular weight is 432 g/mol. The van der Waals surface area contributed by atoms with Crippen molar-refractivity contribution in [3.05, 3.63) is 42.0 Å². The predicted octanol–water partition coefficient (Wildman–Crippen LogP) is 2.31. The first kappa shape index (κ1) is 21.8. The Morgan fingerprint density at radius 2 is 1.97 bits per heavy atom. The Hall–Kier alpha value is -2.91. The monoisotopic (exact) mass is 432 g/mol. The molecule has 1 atom stereocenters. The molecule has 9 heteroatoms. The van der Waals surface area contributed by atoms with Crippen molar-refractivity contribution in [2.75, 3.05) is 38.4 Å². The lowest BCUT2D eigenvalue weighted by Crippen LogP contribution is -2.35. The van der Waals surface area contributed by atoms with Crippen LogP contribution in [0.4, 0.5) is 5.69 Å². The number of fused-ring (bicyclic) bond motifs is 1. The van der Waals surface area contributed by atoms with Gasteiger partial charge in [0.2, 0.25) is 11.7 Å². The first-order valence-electron chi connectivity index (χ1n) is 9.38. The SMILES string of the molecule is COc1cccc(OC)c1OCC(O)CNC(=O)c1ccc2c(c1)NC(=O)CCS2. The lowest BCUT2D eigenvalue weighted by molar-refractivity contribution is -0.115. The van der Waals surface area contributed by atoms with E-state index in [1.807, 2.05) is 6.07 Å². The highest BCUT2D eigenvalue weighted by molar-refractivity contribution is 7.99. The Bertz CT molecular complexity index is 898. The molecule has 0 saturated carbocycles. The zero-order valence-corrected chi connectivity index (χ0v) is 17.6. The van der Waals surface area contributed by atoms with Crippen molar-refractivity contribution in [3.8, 4) is 17.2 Å². The van der Waals surface area contributed by atoms with Crippen molar-refractivity contribution >= 4 is 29.3 Å². The summed E-state index contributed by atoms with van der Waals surface area (Å²) in [6.45, 7) is -0.0671. The van der Waals surface area contributed by atoms with Gasteiger partial charge in [-0.25, -0.2) is 0 Å². The highest BCUT2D eigenvalue weighted by atomic mass is 32.2. The van der Waals surface area contributed by atoms with Crippen molar-refractivity contribution in [2.24, 2.45) is 0 Å². The number of para-hydroxylation sites is 1. The van der Waals surface area contributed by atoms with E-state index >= 15 is 0 Å². The van der Waals surface area contributed by atoms with Gasteiger partial charge in [0.15, 0.2) is 11.5 Å². The number of carbonyl (C=O) groups is 2. The second kappa shape index (κ2) is 10.2. The van der Waals surface area contributed by atoms with Crippen LogP contribution in [0.15, 0.2) is 41.3 Å².